The Balaban J connectivity index is 1.62. The summed E-state index contributed by atoms with van der Waals surface area (Å²) in [6.07, 6.45) is 4.59. The summed E-state index contributed by atoms with van der Waals surface area (Å²) in [5, 5.41) is 2.13. The molecule has 0 bridgehead atoms. The molecule has 1 saturated carbocycles. The van der Waals surface area contributed by atoms with Gasteiger partial charge in [-0.05, 0) is 36.8 Å². The smallest absolute Gasteiger partial charge is 0.226 e. The number of thiophene rings is 1. The molecule has 2 fully saturated rings. The van der Waals surface area contributed by atoms with E-state index >= 15 is 0 Å². The molecular formula is C18H28N2O2S. The second-order valence-corrected chi connectivity index (χ2v) is 7.72. The zero-order valence-corrected chi connectivity index (χ0v) is 14.9. The van der Waals surface area contributed by atoms with Gasteiger partial charge in [-0.25, -0.2) is 0 Å². The fourth-order valence-corrected chi connectivity index (χ4v) is 4.45. The van der Waals surface area contributed by atoms with Gasteiger partial charge in [-0.15, -0.1) is 11.3 Å². The van der Waals surface area contributed by atoms with Gasteiger partial charge >= 0.3 is 0 Å². The molecule has 0 unspecified atom stereocenters. The second kappa shape index (κ2) is 8.27. The SMILES string of the molecule is Cc1ccsc1CN(CCN1CCOCC1)C(=O)C1CCCC1. The van der Waals surface area contributed by atoms with Crippen LogP contribution in [0.4, 0.5) is 0 Å². The van der Waals surface area contributed by atoms with Crippen molar-refractivity contribution in [2.24, 2.45) is 5.92 Å². The minimum absolute atomic E-state index is 0.264. The standard InChI is InChI=1S/C18H28N2O2S/c1-15-6-13-23-17(15)14-20(18(21)16-4-2-3-5-16)8-7-19-9-11-22-12-10-19/h6,13,16H,2-5,7-12,14H2,1H3. The maximum absolute atomic E-state index is 12.9. The summed E-state index contributed by atoms with van der Waals surface area (Å²) in [4.78, 5) is 18.8. The largest absolute Gasteiger partial charge is 0.379 e. The summed E-state index contributed by atoms with van der Waals surface area (Å²) in [6.45, 7) is 8.35. The predicted molar refractivity (Wildman–Crippen MR) is 93.7 cm³/mol. The maximum Gasteiger partial charge on any atom is 0.226 e. The summed E-state index contributed by atoms with van der Waals surface area (Å²) in [7, 11) is 0. The lowest BCUT2D eigenvalue weighted by molar-refractivity contribution is -0.136. The minimum atomic E-state index is 0.264. The summed E-state index contributed by atoms with van der Waals surface area (Å²) < 4.78 is 5.42. The van der Waals surface area contributed by atoms with Crippen molar-refractivity contribution in [2.75, 3.05) is 39.4 Å². The Morgan fingerprint density at radius 2 is 2.09 bits per heavy atom. The Bertz CT molecular complexity index is 505. The number of carbonyl (C=O) groups is 1. The lowest BCUT2D eigenvalue weighted by atomic mass is 10.1. The highest BCUT2D eigenvalue weighted by Gasteiger charge is 2.28. The molecule has 4 nitrogen and oxygen atoms in total. The molecule has 3 rings (SSSR count). The third kappa shape index (κ3) is 4.55. The molecule has 1 aliphatic carbocycles. The van der Waals surface area contributed by atoms with Crippen LogP contribution in [0.3, 0.4) is 0 Å². The number of ether oxygens (including phenoxy) is 1. The molecule has 2 aliphatic rings. The number of carbonyl (C=O) groups excluding carboxylic acids is 1. The lowest BCUT2D eigenvalue weighted by Crippen LogP contribution is -2.44. The molecule has 1 aromatic rings. The van der Waals surface area contributed by atoms with E-state index in [2.05, 4.69) is 28.2 Å². The van der Waals surface area contributed by atoms with Crippen LogP contribution < -0.4 is 0 Å². The molecule has 23 heavy (non-hydrogen) atoms. The van der Waals surface area contributed by atoms with Gasteiger partial charge in [0.25, 0.3) is 0 Å². The van der Waals surface area contributed by atoms with E-state index in [4.69, 9.17) is 4.74 Å². The van der Waals surface area contributed by atoms with E-state index in [1.165, 1.54) is 23.3 Å². The molecule has 0 N–H and O–H groups in total. The van der Waals surface area contributed by atoms with Crippen molar-refractivity contribution in [1.82, 2.24) is 9.80 Å². The van der Waals surface area contributed by atoms with Gasteiger partial charge in [-0.3, -0.25) is 9.69 Å². The Kier molecular flexibility index (Phi) is 6.08. The Hall–Kier alpha value is -0.910. The van der Waals surface area contributed by atoms with Crippen molar-refractivity contribution in [1.29, 1.82) is 0 Å². The molecule has 5 heteroatoms. The van der Waals surface area contributed by atoms with Crippen LogP contribution in [-0.2, 0) is 16.1 Å². The summed E-state index contributed by atoms with van der Waals surface area (Å²) in [5.41, 5.74) is 1.31. The second-order valence-electron chi connectivity index (χ2n) is 6.72. The van der Waals surface area contributed by atoms with E-state index in [1.54, 1.807) is 11.3 Å². The topological polar surface area (TPSA) is 32.8 Å². The number of amides is 1. The molecule has 2 heterocycles. The average molecular weight is 337 g/mol. The lowest BCUT2D eigenvalue weighted by Gasteiger charge is -2.31. The third-order valence-corrected chi connectivity index (χ3v) is 6.12. The van der Waals surface area contributed by atoms with Crippen LogP contribution in [0.25, 0.3) is 0 Å². The fraction of sp³-hybridized carbons (Fsp3) is 0.722. The first-order chi connectivity index (χ1) is 11.2. The summed E-state index contributed by atoms with van der Waals surface area (Å²) in [6, 6.07) is 2.15. The number of rotatable bonds is 6. The molecule has 1 aliphatic heterocycles. The zero-order chi connectivity index (χ0) is 16.1. The summed E-state index contributed by atoms with van der Waals surface area (Å²) >= 11 is 1.77. The van der Waals surface area contributed by atoms with E-state index in [-0.39, 0.29) is 5.92 Å². The van der Waals surface area contributed by atoms with Crippen molar-refractivity contribution in [2.45, 2.75) is 39.2 Å². The van der Waals surface area contributed by atoms with Gasteiger partial charge in [0.2, 0.25) is 5.91 Å². The number of morpholine rings is 1. The first kappa shape index (κ1) is 16.9. The molecule has 1 saturated heterocycles. The molecular weight excluding hydrogens is 308 g/mol. The van der Waals surface area contributed by atoms with Crippen molar-refractivity contribution in [3.63, 3.8) is 0 Å². The Morgan fingerprint density at radius 1 is 1.35 bits per heavy atom. The fourth-order valence-electron chi connectivity index (χ4n) is 3.52. The van der Waals surface area contributed by atoms with E-state index in [1.807, 2.05) is 0 Å². The van der Waals surface area contributed by atoms with E-state index in [0.717, 1.165) is 58.8 Å². The van der Waals surface area contributed by atoms with Crippen LogP contribution >= 0.6 is 11.3 Å². The normalized spacial score (nSPS) is 20.0. The Labute approximate surface area is 143 Å². The van der Waals surface area contributed by atoms with Crippen molar-refractivity contribution in [3.8, 4) is 0 Å². The number of hydrogen-bond donors (Lipinski definition) is 0. The number of nitrogens with zero attached hydrogens (tertiary/aromatic N) is 2. The van der Waals surface area contributed by atoms with Gasteiger partial charge in [-0.1, -0.05) is 12.8 Å². The summed E-state index contributed by atoms with van der Waals surface area (Å²) in [5.74, 6) is 0.642. The molecule has 0 aromatic carbocycles. The van der Waals surface area contributed by atoms with Crippen LogP contribution in [0.2, 0.25) is 0 Å². The maximum atomic E-state index is 12.9. The number of hydrogen-bond acceptors (Lipinski definition) is 4. The monoisotopic (exact) mass is 336 g/mol. The highest BCUT2D eigenvalue weighted by Crippen LogP contribution is 2.28. The first-order valence-electron chi connectivity index (χ1n) is 8.86. The molecule has 1 amide bonds. The van der Waals surface area contributed by atoms with E-state index < -0.39 is 0 Å². The van der Waals surface area contributed by atoms with Gasteiger partial charge in [0.15, 0.2) is 0 Å². The van der Waals surface area contributed by atoms with E-state index in [9.17, 15) is 4.79 Å². The first-order valence-corrected chi connectivity index (χ1v) is 9.74. The third-order valence-electron chi connectivity index (χ3n) is 5.11. The van der Waals surface area contributed by atoms with Crippen LogP contribution in [0.5, 0.6) is 0 Å². The van der Waals surface area contributed by atoms with Crippen molar-refractivity contribution >= 4 is 17.2 Å². The quantitative estimate of drug-likeness (QED) is 0.801. The molecule has 1 aromatic heterocycles. The van der Waals surface area contributed by atoms with E-state index in [0.29, 0.717) is 5.91 Å². The van der Waals surface area contributed by atoms with Crippen LogP contribution in [0.15, 0.2) is 11.4 Å². The average Bonchev–Trinajstić information content (AvgIpc) is 3.24. The van der Waals surface area contributed by atoms with Gasteiger partial charge in [0.05, 0.1) is 19.8 Å². The van der Waals surface area contributed by atoms with Gasteiger partial charge in [-0.2, -0.15) is 0 Å². The van der Waals surface area contributed by atoms with Gasteiger partial charge < -0.3 is 9.64 Å². The molecule has 0 spiro atoms. The zero-order valence-electron chi connectivity index (χ0n) is 14.1. The highest BCUT2D eigenvalue weighted by molar-refractivity contribution is 7.10. The predicted octanol–water partition coefficient (Wildman–Crippen LogP) is 2.91. The Morgan fingerprint density at radius 3 is 2.74 bits per heavy atom. The number of aryl methyl sites for hydroxylation is 1. The molecule has 0 radical (unpaired) electrons. The van der Waals surface area contributed by atoms with Crippen molar-refractivity contribution in [3.05, 3.63) is 21.9 Å². The minimum Gasteiger partial charge on any atom is -0.379 e. The molecule has 128 valence electrons. The van der Waals surface area contributed by atoms with Crippen LogP contribution in [-0.4, -0.2) is 55.1 Å². The van der Waals surface area contributed by atoms with Crippen LogP contribution in [0.1, 0.15) is 36.1 Å². The molecule has 0 atom stereocenters. The van der Waals surface area contributed by atoms with Crippen LogP contribution in [0, 0.1) is 12.8 Å². The van der Waals surface area contributed by atoms with Gasteiger partial charge in [0.1, 0.15) is 0 Å². The highest BCUT2D eigenvalue weighted by atomic mass is 32.1. The van der Waals surface area contributed by atoms with Crippen molar-refractivity contribution < 1.29 is 9.53 Å². The van der Waals surface area contributed by atoms with Gasteiger partial charge in [0, 0.05) is 37.0 Å².